The third kappa shape index (κ3) is 5.49. The first-order valence-electron chi connectivity index (χ1n) is 7.62. The van der Waals surface area contributed by atoms with Gasteiger partial charge in [-0.25, -0.2) is 0 Å². The Balaban J connectivity index is 2.30. The van der Waals surface area contributed by atoms with Gasteiger partial charge in [0.25, 0.3) is 0 Å². The molecule has 0 aromatic heterocycles. The van der Waals surface area contributed by atoms with E-state index in [9.17, 15) is 4.79 Å². The molecule has 3 atom stereocenters. The molecule has 1 aliphatic rings. The minimum Gasteiger partial charge on any atom is -0.344 e. The lowest BCUT2D eigenvalue weighted by molar-refractivity contribution is -0.134. The quantitative estimate of drug-likeness (QED) is 0.765. The maximum absolute atomic E-state index is 12.3. The van der Waals surface area contributed by atoms with Crippen LogP contribution in [0.3, 0.4) is 0 Å². The molecule has 19 heavy (non-hydrogen) atoms. The first kappa shape index (κ1) is 16.4. The molecule has 0 spiro atoms. The van der Waals surface area contributed by atoms with Gasteiger partial charge < -0.3 is 15.5 Å². The Morgan fingerprint density at radius 2 is 2.11 bits per heavy atom. The lowest BCUT2D eigenvalue weighted by Crippen LogP contribution is -2.41. The molecule has 4 nitrogen and oxygen atoms in total. The molecule has 0 aromatic rings. The summed E-state index contributed by atoms with van der Waals surface area (Å²) < 4.78 is 0. The lowest BCUT2D eigenvalue weighted by Gasteiger charge is -2.28. The van der Waals surface area contributed by atoms with Crippen LogP contribution in [0.4, 0.5) is 0 Å². The Morgan fingerprint density at radius 3 is 2.63 bits per heavy atom. The van der Waals surface area contributed by atoms with Gasteiger partial charge in [-0.2, -0.15) is 0 Å². The number of nitrogens with two attached hydrogens (primary N) is 1. The zero-order chi connectivity index (χ0) is 14.4. The smallest absolute Gasteiger partial charge is 0.225 e. The standard InChI is InChI=1S/C15H31N3O/c1-12(7-5-8-13(2)16)15(19)18(4)11-14-9-6-10-17(14)3/h12-14H,5-11,16H2,1-4H3. The molecule has 0 aliphatic carbocycles. The molecule has 1 aliphatic heterocycles. The van der Waals surface area contributed by atoms with E-state index < -0.39 is 0 Å². The molecule has 1 heterocycles. The van der Waals surface area contributed by atoms with E-state index in [0.717, 1.165) is 32.4 Å². The van der Waals surface area contributed by atoms with Crippen LogP contribution in [0.5, 0.6) is 0 Å². The van der Waals surface area contributed by atoms with Crippen molar-refractivity contribution in [3.05, 3.63) is 0 Å². The Hall–Kier alpha value is -0.610. The minimum atomic E-state index is 0.121. The van der Waals surface area contributed by atoms with Crippen molar-refractivity contribution in [2.75, 3.05) is 27.2 Å². The molecule has 4 heteroatoms. The van der Waals surface area contributed by atoms with Crippen LogP contribution in [0.15, 0.2) is 0 Å². The summed E-state index contributed by atoms with van der Waals surface area (Å²) in [5, 5.41) is 0. The number of carbonyl (C=O) groups excluding carboxylic acids is 1. The van der Waals surface area contributed by atoms with Crippen molar-refractivity contribution in [1.29, 1.82) is 0 Å². The van der Waals surface area contributed by atoms with Gasteiger partial charge in [0.1, 0.15) is 0 Å². The molecule has 3 unspecified atom stereocenters. The predicted molar refractivity (Wildman–Crippen MR) is 80.0 cm³/mol. The largest absolute Gasteiger partial charge is 0.344 e. The van der Waals surface area contributed by atoms with Gasteiger partial charge in [-0.15, -0.1) is 0 Å². The second kappa shape index (κ2) is 7.85. The molecule has 0 bridgehead atoms. The highest BCUT2D eigenvalue weighted by Crippen LogP contribution is 2.17. The average molecular weight is 269 g/mol. The topological polar surface area (TPSA) is 49.6 Å². The van der Waals surface area contributed by atoms with Gasteiger partial charge in [-0.05, 0) is 46.2 Å². The maximum atomic E-state index is 12.3. The normalized spacial score (nSPS) is 23.3. The molecule has 1 fully saturated rings. The minimum absolute atomic E-state index is 0.121. The van der Waals surface area contributed by atoms with E-state index in [1.165, 1.54) is 12.8 Å². The summed E-state index contributed by atoms with van der Waals surface area (Å²) in [5.74, 6) is 0.403. The van der Waals surface area contributed by atoms with Crippen LogP contribution < -0.4 is 5.73 Å². The van der Waals surface area contributed by atoms with Crippen molar-refractivity contribution in [2.24, 2.45) is 11.7 Å². The molecular weight excluding hydrogens is 238 g/mol. The summed E-state index contributed by atoms with van der Waals surface area (Å²) in [6, 6.07) is 0.789. The third-order valence-electron chi connectivity index (χ3n) is 4.25. The maximum Gasteiger partial charge on any atom is 0.225 e. The highest BCUT2D eigenvalue weighted by atomic mass is 16.2. The third-order valence-corrected chi connectivity index (χ3v) is 4.25. The molecule has 1 rings (SSSR count). The van der Waals surface area contributed by atoms with E-state index in [1.54, 1.807) is 0 Å². The molecule has 112 valence electrons. The van der Waals surface area contributed by atoms with Crippen LogP contribution in [0.2, 0.25) is 0 Å². The molecule has 1 amide bonds. The van der Waals surface area contributed by atoms with Crippen LogP contribution in [-0.4, -0.2) is 55.0 Å². The van der Waals surface area contributed by atoms with Crippen molar-refractivity contribution in [1.82, 2.24) is 9.80 Å². The van der Waals surface area contributed by atoms with Gasteiger partial charge in [-0.1, -0.05) is 13.3 Å². The second-order valence-electron chi connectivity index (χ2n) is 6.30. The summed E-state index contributed by atoms with van der Waals surface area (Å²) in [6.07, 6.45) is 5.47. The van der Waals surface area contributed by atoms with Crippen LogP contribution in [0.1, 0.15) is 46.0 Å². The number of likely N-dealkylation sites (N-methyl/N-ethyl adjacent to an activating group) is 2. The van der Waals surface area contributed by atoms with E-state index in [1.807, 2.05) is 25.8 Å². The van der Waals surface area contributed by atoms with E-state index >= 15 is 0 Å². The summed E-state index contributed by atoms with van der Waals surface area (Å²) in [4.78, 5) is 16.6. The van der Waals surface area contributed by atoms with Gasteiger partial charge in [0.2, 0.25) is 5.91 Å². The summed E-state index contributed by atoms with van der Waals surface area (Å²) in [6.45, 7) is 6.09. The zero-order valence-corrected chi connectivity index (χ0v) is 13.1. The number of carbonyl (C=O) groups is 1. The van der Waals surface area contributed by atoms with Crippen LogP contribution in [0.25, 0.3) is 0 Å². The molecule has 0 aromatic carbocycles. The Labute approximate surface area is 118 Å². The summed E-state index contributed by atoms with van der Waals surface area (Å²) in [5.41, 5.74) is 5.74. The SMILES string of the molecule is CC(N)CCCC(C)C(=O)N(C)CC1CCCN1C. The monoisotopic (exact) mass is 269 g/mol. The number of rotatable bonds is 7. The van der Waals surface area contributed by atoms with Gasteiger partial charge in [0.05, 0.1) is 0 Å². The fraction of sp³-hybridized carbons (Fsp3) is 0.933. The van der Waals surface area contributed by atoms with Gasteiger partial charge in [-0.3, -0.25) is 4.79 Å². The highest BCUT2D eigenvalue weighted by Gasteiger charge is 2.25. The van der Waals surface area contributed by atoms with E-state index in [-0.39, 0.29) is 17.9 Å². The number of likely N-dealkylation sites (tertiary alicyclic amines) is 1. The van der Waals surface area contributed by atoms with E-state index in [4.69, 9.17) is 5.73 Å². The number of hydrogen-bond donors (Lipinski definition) is 1. The number of nitrogens with zero attached hydrogens (tertiary/aromatic N) is 2. The van der Waals surface area contributed by atoms with Crippen molar-refractivity contribution >= 4 is 5.91 Å². The summed E-state index contributed by atoms with van der Waals surface area (Å²) in [7, 11) is 4.10. The Morgan fingerprint density at radius 1 is 1.42 bits per heavy atom. The molecule has 0 saturated carbocycles. The van der Waals surface area contributed by atoms with E-state index in [2.05, 4.69) is 11.9 Å². The Kier molecular flexibility index (Phi) is 6.80. The number of amides is 1. The zero-order valence-electron chi connectivity index (χ0n) is 13.1. The fourth-order valence-corrected chi connectivity index (χ4v) is 2.86. The molecule has 0 radical (unpaired) electrons. The van der Waals surface area contributed by atoms with Gasteiger partial charge in [0, 0.05) is 31.6 Å². The van der Waals surface area contributed by atoms with Crippen molar-refractivity contribution < 1.29 is 4.79 Å². The van der Waals surface area contributed by atoms with Crippen molar-refractivity contribution in [3.8, 4) is 0 Å². The van der Waals surface area contributed by atoms with Crippen LogP contribution in [-0.2, 0) is 4.79 Å². The highest BCUT2D eigenvalue weighted by molar-refractivity contribution is 5.78. The molecular formula is C15H31N3O. The average Bonchev–Trinajstić information content (AvgIpc) is 2.73. The summed E-state index contributed by atoms with van der Waals surface area (Å²) >= 11 is 0. The number of hydrogen-bond acceptors (Lipinski definition) is 3. The Bertz CT molecular complexity index is 281. The van der Waals surface area contributed by atoms with Crippen molar-refractivity contribution in [2.45, 2.75) is 58.0 Å². The van der Waals surface area contributed by atoms with Gasteiger partial charge >= 0.3 is 0 Å². The first-order valence-corrected chi connectivity index (χ1v) is 7.62. The van der Waals surface area contributed by atoms with Crippen LogP contribution in [0, 0.1) is 5.92 Å². The second-order valence-corrected chi connectivity index (χ2v) is 6.30. The molecule has 1 saturated heterocycles. The molecule has 2 N–H and O–H groups in total. The van der Waals surface area contributed by atoms with Gasteiger partial charge in [0.15, 0.2) is 0 Å². The van der Waals surface area contributed by atoms with Crippen molar-refractivity contribution in [3.63, 3.8) is 0 Å². The first-order chi connectivity index (χ1) is 8.91. The van der Waals surface area contributed by atoms with E-state index in [0.29, 0.717) is 6.04 Å². The predicted octanol–water partition coefficient (Wildman–Crippen LogP) is 1.69. The lowest BCUT2D eigenvalue weighted by atomic mass is 10.0. The van der Waals surface area contributed by atoms with Crippen LogP contribution >= 0.6 is 0 Å². The fourth-order valence-electron chi connectivity index (χ4n) is 2.86.